The van der Waals surface area contributed by atoms with Crippen LogP contribution in [0.5, 0.6) is 0 Å². The third-order valence-corrected chi connectivity index (χ3v) is 2.97. The van der Waals surface area contributed by atoms with Crippen molar-refractivity contribution in [3.05, 3.63) is 47.5 Å². The zero-order chi connectivity index (χ0) is 14.5. The molecule has 4 N–H and O–H groups in total. The molecule has 0 aliphatic carbocycles. The van der Waals surface area contributed by atoms with Crippen molar-refractivity contribution in [1.82, 2.24) is 9.97 Å². The molecule has 1 heterocycles. The first kappa shape index (κ1) is 14.2. The Morgan fingerprint density at radius 3 is 2.40 bits per heavy atom. The number of nitrogen functional groups attached to an aromatic ring is 1. The number of nitrogens with one attached hydrogen (secondary N) is 2. The molecule has 1 aromatic heterocycles. The number of nitrogens with two attached hydrogens (primary N) is 1. The highest BCUT2D eigenvalue weighted by atomic mass is 19.1. The number of anilines is 2. The lowest BCUT2D eigenvalue weighted by Gasteiger charge is -2.16. The second kappa shape index (κ2) is 6.29. The van der Waals surface area contributed by atoms with E-state index in [0.29, 0.717) is 12.4 Å². The maximum atomic E-state index is 12.9. The molecular weight excluding hydrogens is 257 g/mol. The number of benzene rings is 1. The van der Waals surface area contributed by atoms with Gasteiger partial charge < -0.3 is 10.7 Å². The first-order valence-electron chi connectivity index (χ1n) is 6.41. The van der Waals surface area contributed by atoms with Crippen LogP contribution >= 0.6 is 0 Å². The van der Waals surface area contributed by atoms with Crippen LogP contribution in [0.2, 0.25) is 0 Å². The Kier molecular flexibility index (Phi) is 4.47. The highest BCUT2D eigenvalue weighted by Gasteiger charge is 2.14. The highest BCUT2D eigenvalue weighted by molar-refractivity contribution is 5.58. The molecule has 2 rings (SSSR count). The number of rotatable bonds is 5. The molecule has 0 unspecified atom stereocenters. The van der Waals surface area contributed by atoms with Crippen molar-refractivity contribution in [1.29, 1.82) is 0 Å². The Morgan fingerprint density at radius 1 is 1.15 bits per heavy atom. The Balaban J connectivity index is 2.18. The van der Waals surface area contributed by atoms with Crippen molar-refractivity contribution in [2.45, 2.75) is 26.3 Å². The number of halogens is 1. The van der Waals surface area contributed by atoms with E-state index in [1.165, 1.54) is 18.5 Å². The van der Waals surface area contributed by atoms with Gasteiger partial charge in [-0.15, -0.1) is 0 Å². The number of hydrogen-bond donors (Lipinski definition) is 3. The lowest BCUT2D eigenvalue weighted by molar-refractivity contribution is 0.627. The summed E-state index contributed by atoms with van der Waals surface area (Å²) in [5.41, 5.74) is 4.48. The van der Waals surface area contributed by atoms with Crippen LogP contribution in [0.4, 0.5) is 16.0 Å². The van der Waals surface area contributed by atoms with Gasteiger partial charge in [0.2, 0.25) is 0 Å². The van der Waals surface area contributed by atoms with Crippen LogP contribution in [0.25, 0.3) is 0 Å². The molecule has 0 fully saturated rings. The van der Waals surface area contributed by atoms with Gasteiger partial charge in [-0.3, -0.25) is 0 Å². The summed E-state index contributed by atoms with van der Waals surface area (Å²) in [6, 6.07) is 6.35. The number of nitrogens with zero attached hydrogens (tertiary/aromatic N) is 2. The van der Waals surface area contributed by atoms with Gasteiger partial charge in [0, 0.05) is 12.1 Å². The van der Waals surface area contributed by atoms with Gasteiger partial charge in [-0.1, -0.05) is 26.0 Å². The van der Waals surface area contributed by atoms with Crippen LogP contribution in [0.3, 0.4) is 0 Å². The minimum Gasteiger partial charge on any atom is -0.366 e. The quantitative estimate of drug-likeness (QED) is 0.577. The standard InChI is InChI=1S/C14H18FN5/c1-9(2)12-13(18-8-19-14(12)20-16)17-7-10-3-5-11(15)6-4-10/h3-6,8-9H,7,16H2,1-2H3,(H2,17,18,19,20). The maximum Gasteiger partial charge on any atom is 0.148 e. The minimum atomic E-state index is -0.242. The van der Waals surface area contributed by atoms with Gasteiger partial charge in [0.05, 0.1) is 0 Å². The van der Waals surface area contributed by atoms with E-state index >= 15 is 0 Å². The molecule has 0 amide bonds. The lowest BCUT2D eigenvalue weighted by Crippen LogP contribution is -2.15. The van der Waals surface area contributed by atoms with Crippen LogP contribution in [0.1, 0.15) is 30.9 Å². The molecule has 1 aromatic carbocycles. The fourth-order valence-corrected chi connectivity index (χ4v) is 1.99. The molecule has 0 aliphatic rings. The van der Waals surface area contributed by atoms with E-state index in [0.717, 1.165) is 16.9 Å². The zero-order valence-electron chi connectivity index (χ0n) is 11.5. The molecule has 0 saturated heterocycles. The summed E-state index contributed by atoms with van der Waals surface area (Å²) in [5, 5.41) is 3.24. The molecule has 106 valence electrons. The van der Waals surface area contributed by atoms with Crippen LogP contribution < -0.4 is 16.6 Å². The molecule has 5 nitrogen and oxygen atoms in total. The van der Waals surface area contributed by atoms with Gasteiger partial charge >= 0.3 is 0 Å². The van der Waals surface area contributed by atoms with Crippen molar-refractivity contribution in [3.63, 3.8) is 0 Å². The lowest BCUT2D eigenvalue weighted by atomic mass is 10.0. The average molecular weight is 275 g/mol. The molecule has 20 heavy (non-hydrogen) atoms. The van der Waals surface area contributed by atoms with E-state index in [-0.39, 0.29) is 11.7 Å². The maximum absolute atomic E-state index is 12.9. The first-order chi connectivity index (χ1) is 9.61. The monoisotopic (exact) mass is 275 g/mol. The predicted octanol–water partition coefficient (Wildman–Crippen LogP) is 2.64. The van der Waals surface area contributed by atoms with Crippen LogP contribution in [0, 0.1) is 5.82 Å². The van der Waals surface area contributed by atoms with Crippen molar-refractivity contribution >= 4 is 11.6 Å². The average Bonchev–Trinajstić information content (AvgIpc) is 2.46. The summed E-state index contributed by atoms with van der Waals surface area (Å²) in [5.74, 6) is 6.79. The van der Waals surface area contributed by atoms with Gasteiger partial charge in [0.25, 0.3) is 0 Å². The van der Waals surface area contributed by atoms with Crippen molar-refractivity contribution < 1.29 is 4.39 Å². The largest absolute Gasteiger partial charge is 0.366 e. The molecule has 0 bridgehead atoms. The van der Waals surface area contributed by atoms with Crippen LogP contribution in [-0.4, -0.2) is 9.97 Å². The Labute approximate surface area is 117 Å². The third-order valence-electron chi connectivity index (χ3n) is 2.97. The molecule has 0 aliphatic heterocycles. The third kappa shape index (κ3) is 3.21. The van der Waals surface area contributed by atoms with Crippen LogP contribution in [-0.2, 0) is 6.54 Å². The second-order valence-corrected chi connectivity index (χ2v) is 4.76. The molecule has 0 spiro atoms. The molecular formula is C14H18FN5. The van der Waals surface area contributed by atoms with Crippen LogP contribution in [0.15, 0.2) is 30.6 Å². The van der Waals surface area contributed by atoms with Gasteiger partial charge in [0.15, 0.2) is 0 Å². The summed E-state index contributed by atoms with van der Waals surface area (Å²) in [7, 11) is 0. The Hall–Kier alpha value is -2.21. The van der Waals surface area contributed by atoms with Gasteiger partial charge in [-0.25, -0.2) is 20.2 Å². The topological polar surface area (TPSA) is 75.9 Å². The molecule has 0 atom stereocenters. The summed E-state index contributed by atoms with van der Waals surface area (Å²) in [6.45, 7) is 4.65. The van der Waals surface area contributed by atoms with Crippen molar-refractivity contribution in [2.75, 3.05) is 10.7 Å². The molecule has 6 heteroatoms. The van der Waals surface area contributed by atoms with E-state index in [4.69, 9.17) is 5.84 Å². The van der Waals surface area contributed by atoms with Gasteiger partial charge in [-0.05, 0) is 23.6 Å². The second-order valence-electron chi connectivity index (χ2n) is 4.76. The SMILES string of the molecule is CC(C)c1c(NN)ncnc1NCc1ccc(F)cc1. The van der Waals surface area contributed by atoms with Crippen molar-refractivity contribution in [2.24, 2.45) is 5.84 Å². The number of hydrazine groups is 1. The number of hydrogen-bond acceptors (Lipinski definition) is 5. The number of aromatic nitrogens is 2. The smallest absolute Gasteiger partial charge is 0.148 e. The van der Waals surface area contributed by atoms with E-state index < -0.39 is 0 Å². The summed E-state index contributed by atoms with van der Waals surface area (Å²) < 4.78 is 12.9. The van der Waals surface area contributed by atoms with E-state index in [1.54, 1.807) is 12.1 Å². The van der Waals surface area contributed by atoms with Crippen molar-refractivity contribution in [3.8, 4) is 0 Å². The van der Waals surface area contributed by atoms with Gasteiger partial charge in [-0.2, -0.15) is 0 Å². The van der Waals surface area contributed by atoms with E-state index in [2.05, 4.69) is 20.7 Å². The summed E-state index contributed by atoms with van der Waals surface area (Å²) >= 11 is 0. The van der Waals surface area contributed by atoms with Gasteiger partial charge in [0.1, 0.15) is 23.8 Å². The summed E-state index contributed by atoms with van der Waals surface area (Å²) in [6.07, 6.45) is 1.45. The fraction of sp³-hybridized carbons (Fsp3) is 0.286. The fourth-order valence-electron chi connectivity index (χ4n) is 1.99. The Morgan fingerprint density at radius 2 is 1.80 bits per heavy atom. The molecule has 0 saturated carbocycles. The summed E-state index contributed by atoms with van der Waals surface area (Å²) in [4.78, 5) is 8.36. The predicted molar refractivity (Wildman–Crippen MR) is 77.7 cm³/mol. The highest BCUT2D eigenvalue weighted by Crippen LogP contribution is 2.27. The van der Waals surface area contributed by atoms with E-state index in [1.807, 2.05) is 13.8 Å². The zero-order valence-corrected chi connectivity index (χ0v) is 11.5. The minimum absolute atomic E-state index is 0.220. The van der Waals surface area contributed by atoms with E-state index in [9.17, 15) is 4.39 Å². The Bertz CT molecular complexity index is 568. The normalized spacial score (nSPS) is 10.7. The molecule has 2 aromatic rings. The molecule has 0 radical (unpaired) electrons. The first-order valence-corrected chi connectivity index (χ1v) is 6.41.